The summed E-state index contributed by atoms with van der Waals surface area (Å²) in [5.41, 5.74) is 1.30. The Balaban J connectivity index is 1.88. The summed E-state index contributed by atoms with van der Waals surface area (Å²) >= 11 is 6.04. The molecule has 23 heavy (non-hydrogen) atoms. The first-order valence-electron chi connectivity index (χ1n) is 7.08. The molecule has 1 aliphatic rings. The van der Waals surface area contributed by atoms with Crippen LogP contribution < -0.4 is 5.32 Å². The average Bonchev–Trinajstić information content (AvgIpc) is 3.04. The van der Waals surface area contributed by atoms with Gasteiger partial charge in [0.2, 0.25) is 11.8 Å². The Bertz CT molecular complexity index is 761. The van der Waals surface area contributed by atoms with Crippen LogP contribution in [-0.2, 0) is 9.59 Å². The van der Waals surface area contributed by atoms with Crippen LogP contribution in [0.15, 0.2) is 28.9 Å². The number of carbonyl (C=O) groups is 2. The molecule has 2 heterocycles. The lowest BCUT2D eigenvalue weighted by Gasteiger charge is -2.24. The fourth-order valence-corrected chi connectivity index (χ4v) is 3.00. The molecule has 0 bridgehead atoms. The maximum Gasteiger partial charge on any atom is 0.231 e. The van der Waals surface area contributed by atoms with Crippen LogP contribution in [0.4, 0.5) is 5.82 Å². The van der Waals surface area contributed by atoms with E-state index in [4.69, 9.17) is 11.6 Å². The normalized spacial score (nSPS) is 20.8. The third kappa shape index (κ3) is 2.92. The molecule has 8 heteroatoms. The number of rotatable bonds is 3. The Kier molecular flexibility index (Phi) is 4.04. The molecule has 2 aromatic rings. The molecule has 120 valence electrons. The van der Waals surface area contributed by atoms with E-state index in [9.17, 15) is 9.59 Å². The van der Waals surface area contributed by atoms with E-state index in [0.717, 1.165) is 5.56 Å². The average molecular weight is 335 g/mol. The van der Waals surface area contributed by atoms with Crippen LogP contribution in [0.25, 0.3) is 0 Å². The largest absolute Gasteiger partial charge is 0.338 e. The molecular weight excluding hydrogens is 320 g/mol. The monoisotopic (exact) mass is 334 g/mol. The van der Waals surface area contributed by atoms with Gasteiger partial charge in [-0.15, -0.1) is 0 Å². The first-order valence-corrected chi connectivity index (χ1v) is 7.46. The molecule has 1 fully saturated rings. The Morgan fingerprint density at radius 1 is 1.43 bits per heavy atom. The second-order valence-electron chi connectivity index (χ2n) is 5.50. The summed E-state index contributed by atoms with van der Waals surface area (Å²) in [6, 6.07) is 6.80. The first-order chi connectivity index (χ1) is 11.0. The SMILES string of the molecule is Cc1nonc1NC(=O)C1CC(=O)N(C)C1c1cccc(Cl)c1. The van der Waals surface area contributed by atoms with E-state index in [1.165, 1.54) is 0 Å². The van der Waals surface area contributed by atoms with Gasteiger partial charge in [0.1, 0.15) is 5.69 Å². The third-order valence-electron chi connectivity index (χ3n) is 4.01. The molecule has 0 spiro atoms. The Morgan fingerprint density at radius 2 is 2.22 bits per heavy atom. The van der Waals surface area contributed by atoms with Crippen molar-refractivity contribution >= 4 is 29.2 Å². The van der Waals surface area contributed by atoms with Crippen molar-refractivity contribution in [1.82, 2.24) is 15.2 Å². The fourth-order valence-electron chi connectivity index (χ4n) is 2.81. The second-order valence-corrected chi connectivity index (χ2v) is 5.94. The molecule has 3 rings (SSSR count). The van der Waals surface area contributed by atoms with Gasteiger partial charge < -0.3 is 10.2 Å². The quantitative estimate of drug-likeness (QED) is 0.929. The van der Waals surface area contributed by atoms with E-state index in [1.807, 2.05) is 6.07 Å². The van der Waals surface area contributed by atoms with Crippen LogP contribution in [0.3, 0.4) is 0 Å². The molecule has 7 nitrogen and oxygen atoms in total. The van der Waals surface area contributed by atoms with Crippen molar-refractivity contribution in [3.63, 3.8) is 0 Å². The Labute approximate surface area is 137 Å². The number of benzene rings is 1. The third-order valence-corrected chi connectivity index (χ3v) is 4.24. The molecule has 1 aromatic carbocycles. The molecule has 2 amide bonds. The summed E-state index contributed by atoms with van der Waals surface area (Å²) in [7, 11) is 1.68. The van der Waals surface area contributed by atoms with E-state index in [1.54, 1.807) is 37.1 Å². The molecule has 2 unspecified atom stereocenters. The number of carbonyl (C=O) groups excluding carboxylic acids is 2. The number of nitrogens with zero attached hydrogens (tertiary/aromatic N) is 3. The highest BCUT2D eigenvalue weighted by Crippen LogP contribution is 2.38. The van der Waals surface area contributed by atoms with E-state index in [-0.39, 0.29) is 30.1 Å². The summed E-state index contributed by atoms with van der Waals surface area (Å²) in [4.78, 5) is 26.3. The van der Waals surface area contributed by atoms with Gasteiger partial charge in [-0.1, -0.05) is 28.9 Å². The van der Waals surface area contributed by atoms with Gasteiger partial charge in [0, 0.05) is 18.5 Å². The highest BCUT2D eigenvalue weighted by atomic mass is 35.5. The zero-order chi connectivity index (χ0) is 16.6. The minimum Gasteiger partial charge on any atom is -0.338 e. The van der Waals surface area contributed by atoms with Crippen LogP contribution in [0.5, 0.6) is 0 Å². The first kappa shape index (κ1) is 15.5. The van der Waals surface area contributed by atoms with E-state index >= 15 is 0 Å². The predicted octanol–water partition coefficient (Wildman–Crippen LogP) is 2.19. The summed E-state index contributed by atoms with van der Waals surface area (Å²) in [6.07, 6.45) is 0.129. The number of hydrogen-bond donors (Lipinski definition) is 1. The van der Waals surface area contributed by atoms with Gasteiger partial charge in [-0.25, -0.2) is 4.63 Å². The zero-order valence-corrected chi connectivity index (χ0v) is 13.4. The zero-order valence-electron chi connectivity index (χ0n) is 12.6. The topological polar surface area (TPSA) is 88.3 Å². The van der Waals surface area contributed by atoms with Gasteiger partial charge in [-0.05, 0) is 29.8 Å². The Hall–Kier alpha value is -2.41. The van der Waals surface area contributed by atoms with Gasteiger partial charge in [-0.3, -0.25) is 9.59 Å². The van der Waals surface area contributed by atoms with Crippen LogP contribution in [0.1, 0.15) is 23.7 Å². The van der Waals surface area contributed by atoms with Crippen LogP contribution in [0.2, 0.25) is 5.02 Å². The number of aryl methyl sites for hydroxylation is 1. The van der Waals surface area contributed by atoms with E-state index < -0.39 is 5.92 Å². The molecule has 2 atom stereocenters. The highest BCUT2D eigenvalue weighted by molar-refractivity contribution is 6.30. The molecule has 0 saturated carbocycles. The molecular formula is C15H15ClN4O3. The van der Waals surface area contributed by atoms with Crippen LogP contribution in [-0.4, -0.2) is 34.1 Å². The van der Waals surface area contributed by atoms with Gasteiger partial charge in [-0.2, -0.15) is 0 Å². The van der Waals surface area contributed by atoms with Crippen molar-refractivity contribution in [2.24, 2.45) is 5.92 Å². The van der Waals surface area contributed by atoms with Gasteiger partial charge >= 0.3 is 0 Å². The number of anilines is 1. The maximum atomic E-state index is 12.6. The van der Waals surface area contributed by atoms with Crippen LogP contribution >= 0.6 is 11.6 Å². The van der Waals surface area contributed by atoms with E-state index in [0.29, 0.717) is 10.7 Å². The van der Waals surface area contributed by atoms with Crippen molar-refractivity contribution < 1.29 is 14.2 Å². The van der Waals surface area contributed by atoms with E-state index in [2.05, 4.69) is 20.3 Å². The Morgan fingerprint density at radius 3 is 2.87 bits per heavy atom. The number of amides is 2. The van der Waals surface area contributed by atoms with Crippen molar-refractivity contribution in [3.8, 4) is 0 Å². The maximum absolute atomic E-state index is 12.6. The standard InChI is InChI=1S/C15H15ClN4O3/c1-8-14(19-23-18-8)17-15(22)11-7-12(21)20(2)13(11)9-4-3-5-10(16)6-9/h3-6,11,13H,7H2,1-2H3,(H,17,19,22). The smallest absolute Gasteiger partial charge is 0.231 e. The van der Waals surface area contributed by atoms with Gasteiger partial charge in [0.15, 0.2) is 5.82 Å². The number of hydrogen-bond acceptors (Lipinski definition) is 5. The van der Waals surface area contributed by atoms with Crippen molar-refractivity contribution in [3.05, 3.63) is 40.5 Å². The number of halogens is 1. The summed E-state index contributed by atoms with van der Waals surface area (Å²) in [5.74, 6) is -0.666. The molecule has 1 N–H and O–H groups in total. The van der Waals surface area contributed by atoms with Gasteiger partial charge in [0.25, 0.3) is 0 Å². The lowest BCUT2D eigenvalue weighted by molar-refractivity contribution is -0.127. The van der Waals surface area contributed by atoms with Crippen molar-refractivity contribution in [2.45, 2.75) is 19.4 Å². The second kappa shape index (κ2) is 6.00. The summed E-state index contributed by atoms with van der Waals surface area (Å²) in [5, 5.41) is 10.5. The number of likely N-dealkylation sites (tertiary alicyclic amines) is 1. The number of aromatic nitrogens is 2. The fraction of sp³-hybridized carbons (Fsp3) is 0.333. The lowest BCUT2D eigenvalue weighted by Crippen LogP contribution is -2.30. The lowest BCUT2D eigenvalue weighted by atomic mass is 9.93. The molecule has 0 aliphatic carbocycles. The predicted molar refractivity (Wildman–Crippen MR) is 82.7 cm³/mol. The summed E-state index contributed by atoms with van der Waals surface area (Å²) in [6.45, 7) is 1.67. The molecule has 0 radical (unpaired) electrons. The highest BCUT2D eigenvalue weighted by Gasteiger charge is 2.43. The van der Waals surface area contributed by atoms with Crippen molar-refractivity contribution in [1.29, 1.82) is 0 Å². The molecule has 1 aromatic heterocycles. The van der Waals surface area contributed by atoms with Crippen molar-refractivity contribution in [2.75, 3.05) is 12.4 Å². The summed E-state index contributed by atoms with van der Waals surface area (Å²) < 4.78 is 4.57. The minimum atomic E-state index is -0.540. The minimum absolute atomic E-state index is 0.0925. The molecule has 1 saturated heterocycles. The van der Waals surface area contributed by atoms with Gasteiger partial charge in [0.05, 0.1) is 12.0 Å². The molecule has 1 aliphatic heterocycles. The van der Waals surface area contributed by atoms with Crippen LogP contribution in [0, 0.1) is 12.8 Å². The number of nitrogens with one attached hydrogen (secondary N) is 1.